The van der Waals surface area contributed by atoms with Crippen molar-refractivity contribution < 1.29 is 18.0 Å². The van der Waals surface area contributed by atoms with Crippen molar-refractivity contribution in [2.24, 2.45) is 65.1 Å². The van der Waals surface area contributed by atoms with Crippen LogP contribution in [0.1, 0.15) is 123 Å². The van der Waals surface area contributed by atoms with Gasteiger partial charge in [-0.2, -0.15) is 0 Å². The van der Waals surface area contributed by atoms with E-state index in [2.05, 4.69) is 54.5 Å². The number of halogens is 3. The van der Waals surface area contributed by atoms with Crippen molar-refractivity contribution in [1.29, 1.82) is 0 Å². The van der Waals surface area contributed by atoms with Gasteiger partial charge in [-0.15, -0.1) is 0 Å². The van der Waals surface area contributed by atoms with Gasteiger partial charge in [-0.05, 0) is 117 Å². The van der Waals surface area contributed by atoms with Gasteiger partial charge in [-0.3, -0.25) is 4.79 Å². The number of Topliss-reactive ketones (excluding diaryl/α,β-unsaturated/α-hetero) is 1. The van der Waals surface area contributed by atoms with Gasteiger partial charge < -0.3 is 0 Å². The second-order valence-corrected chi connectivity index (χ2v) is 15.5. The lowest BCUT2D eigenvalue weighted by molar-refractivity contribution is -0.118. The fourth-order valence-corrected chi connectivity index (χ4v) is 7.09. The molecule has 5 aliphatic carbocycles. The Morgan fingerprint density at radius 1 is 0.614 bits per heavy atom. The Morgan fingerprint density at radius 3 is 1.30 bits per heavy atom. The maximum atomic E-state index is 13.0. The van der Waals surface area contributed by atoms with E-state index >= 15 is 0 Å². The average Bonchev–Trinajstić information content (AvgIpc) is 3.61. The third kappa shape index (κ3) is 11.3. The molecule has 1 fully saturated rings. The van der Waals surface area contributed by atoms with Gasteiger partial charge in [0.2, 0.25) is 0 Å². The zero-order valence-corrected chi connectivity index (χ0v) is 30.9. The van der Waals surface area contributed by atoms with Crippen LogP contribution in [-0.4, -0.2) is 18.1 Å². The smallest absolute Gasteiger partial charge is 0.161 e. The Morgan fingerprint density at radius 2 is 1.18 bits per heavy atom. The van der Waals surface area contributed by atoms with Gasteiger partial charge in [0.15, 0.2) is 5.78 Å². The predicted octanol–water partition coefficient (Wildman–Crippen LogP) is 12.5. The molecular formula is C40H67F3O. The molecule has 0 aromatic rings. The number of ketones is 1. The van der Waals surface area contributed by atoms with E-state index in [1.165, 1.54) is 6.42 Å². The topological polar surface area (TPSA) is 17.1 Å². The quantitative estimate of drug-likeness (QED) is 0.246. The Hall–Kier alpha value is -1.58. The molecule has 1 nitrogen and oxygen atoms in total. The Bertz CT molecular complexity index is 1040. The summed E-state index contributed by atoms with van der Waals surface area (Å²) in [7, 11) is 0. The van der Waals surface area contributed by atoms with Gasteiger partial charge in [0.05, 0.1) is 0 Å². The molecule has 0 heterocycles. The van der Waals surface area contributed by atoms with Crippen LogP contribution in [0.15, 0.2) is 46.3 Å². The normalized spacial score (nSPS) is 40.8. The summed E-state index contributed by atoms with van der Waals surface area (Å²) in [6.07, 6.45) is 8.57. The zero-order chi connectivity index (χ0) is 34.2. The molecule has 254 valence electrons. The molecule has 13 unspecified atom stereocenters. The summed E-state index contributed by atoms with van der Waals surface area (Å²) >= 11 is 0. The van der Waals surface area contributed by atoms with E-state index in [0.717, 1.165) is 41.4 Å². The van der Waals surface area contributed by atoms with Crippen LogP contribution in [0.4, 0.5) is 13.2 Å². The van der Waals surface area contributed by atoms with E-state index in [-0.39, 0.29) is 23.6 Å². The molecule has 0 aliphatic heterocycles. The third-order valence-electron chi connectivity index (χ3n) is 11.4. The largest absolute Gasteiger partial charge is 0.294 e. The summed E-state index contributed by atoms with van der Waals surface area (Å²) in [6.45, 7) is 30.8. The number of allylic oxidation sites excluding steroid dienone is 8. The van der Waals surface area contributed by atoms with Gasteiger partial charge in [0.1, 0.15) is 18.2 Å². The first-order valence-corrected chi connectivity index (χ1v) is 17.4. The lowest BCUT2D eigenvalue weighted by atomic mass is 9.98. The molecule has 0 bridgehead atoms. The number of rotatable bonds is 0. The number of carbonyl (C=O) groups excluding carboxylic acids is 1. The number of alkyl halides is 2. The van der Waals surface area contributed by atoms with Gasteiger partial charge in [0, 0.05) is 11.8 Å². The van der Waals surface area contributed by atoms with Crippen molar-refractivity contribution in [3.63, 3.8) is 0 Å². The Kier molecular flexibility index (Phi) is 16.5. The lowest BCUT2D eigenvalue weighted by Crippen LogP contribution is -2.12. The lowest BCUT2D eigenvalue weighted by Gasteiger charge is -2.11. The second-order valence-electron chi connectivity index (χ2n) is 15.5. The molecule has 0 aromatic heterocycles. The van der Waals surface area contributed by atoms with Gasteiger partial charge in [-0.25, -0.2) is 13.2 Å². The first-order chi connectivity index (χ1) is 20.2. The molecule has 0 aromatic carbocycles. The summed E-state index contributed by atoms with van der Waals surface area (Å²) < 4.78 is 38.7. The molecule has 1 saturated carbocycles. The highest BCUT2D eigenvalue weighted by atomic mass is 19.1. The molecule has 5 rings (SSSR count). The van der Waals surface area contributed by atoms with Crippen LogP contribution >= 0.6 is 0 Å². The van der Waals surface area contributed by atoms with E-state index < -0.39 is 12.3 Å². The molecule has 0 N–H and O–H groups in total. The Labute approximate surface area is 270 Å². The first kappa shape index (κ1) is 40.4. The molecule has 0 amide bonds. The van der Waals surface area contributed by atoms with E-state index in [1.54, 1.807) is 5.57 Å². The first-order valence-electron chi connectivity index (χ1n) is 17.4. The molecule has 0 spiro atoms. The third-order valence-corrected chi connectivity index (χ3v) is 11.4. The molecular weight excluding hydrogens is 553 g/mol. The van der Waals surface area contributed by atoms with Gasteiger partial charge >= 0.3 is 0 Å². The van der Waals surface area contributed by atoms with Crippen LogP contribution in [0.25, 0.3) is 0 Å². The monoisotopic (exact) mass is 621 g/mol. The van der Waals surface area contributed by atoms with Crippen molar-refractivity contribution in [2.45, 2.75) is 135 Å². The maximum Gasteiger partial charge on any atom is 0.161 e. The van der Waals surface area contributed by atoms with E-state index in [0.29, 0.717) is 41.3 Å². The highest BCUT2D eigenvalue weighted by Gasteiger charge is 2.35. The van der Waals surface area contributed by atoms with E-state index in [1.807, 2.05) is 67.5 Å². The fourth-order valence-electron chi connectivity index (χ4n) is 7.09. The minimum absolute atomic E-state index is 0.127. The molecule has 5 aliphatic rings. The van der Waals surface area contributed by atoms with Crippen LogP contribution in [-0.2, 0) is 4.79 Å². The minimum atomic E-state index is -0.681. The van der Waals surface area contributed by atoms with Crippen LogP contribution in [0.2, 0.25) is 0 Å². The molecule has 0 radical (unpaired) electrons. The zero-order valence-electron chi connectivity index (χ0n) is 30.9. The molecule has 0 saturated heterocycles. The summed E-state index contributed by atoms with van der Waals surface area (Å²) in [5, 5.41) is 0. The predicted molar refractivity (Wildman–Crippen MR) is 185 cm³/mol. The number of carbonyl (C=O) groups is 1. The maximum absolute atomic E-state index is 13.0. The molecule has 13 atom stereocenters. The van der Waals surface area contributed by atoms with Crippen molar-refractivity contribution in [1.82, 2.24) is 0 Å². The number of hydrogen-bond acceptors (Lipinski definition) is 1. The molecule has 4 heteroatoms. The van der Waals surface area contributed by atoms with Crippen LogP contribution in [0.3, 0.4) is 0 Å². The van der Waals surface area contributed by atoms with Crippen LogP contribution in [0, 0.1) is 65.1 Å². The summed E-state index contributed by atoms with van der Waals surface area (Å²) in [4.78, 5) is 11.0. The van der Waals surface area contributed by atoms with E-state index in [4.69, 9.17) is 0 Å². The van der Waals surface area contributed by atoms with Crippen molar-refractivity contribution in [2.75, 3.05) is 0 Å². The highest BCUT2D eigenvalue weighted by molar-refractivity contribution is 5.99. The van der Waals surface area contributed by atoms with Gasteiger partial charge in [-0.1, -0.05) is 100.0 Å². The summed E-state index contributed by atoms with van der Waals surface area (Å²) in [6, 6.07) is 0. The average molecular weight is 621 g/mol. The second kappa shape index (κ2) is 17.9. The summed E-state index contributed by atoms with van der Waals surface area (Å²) in [5.74, 6) is 5.36. The van der Waals surface area contributed by atoms with Crippen molar-refractivity contribution in [3.05, 3.63) is 46.3 Å². The molecule has 44 heavy (non-hydrogen) atoms. The Balaban J connectivity index is 0.000000275. The van der Waals surface area contributed by atoms with Crippen molar-refractivity contribution >= 4 is 5.78 Å². The standard InChI is InChI=1S/C8H15F.2C8H13F.C8H12O.C8H14/c4*1-5-4-6(2)8(9)7(5)3;1-6-4-7(2)8(3)5-6/h5-8H,4H2,1-3H3;5,7H,4H2,1-3H3;4-5,7-8H,1-3H3;4-5,7H,1-3H3;4,7-8H,5H2,1-3H3. The SMILES string of the molecule is CC1=C(F)C(C)C(C)C1.CC1=CC(C)C(C)C1.CC1=CC(C)C(C)C1=O.CC1=CC(C)C(C)C1F.CC1CC(C)C(F)C1C. The summed E-state index contributed by atoms with van der Waals surface area (Å²) in [5.41, 5.74) is 4.38. The van der Waals surface area contributed by atoms with Gasteiger partial charge in [0.25, 0.3) is 0 Å². The van der Waals surface area contributed by atoms with E-state index in [9.17, 15) is 18.0 Å². The fraction of sp³-hybridized carbons (Fsp3) is 0.775. The highest BCUT2D eigenvalue weighted by Crippen LogP contribution is 2.38. The van der Waals surface area contributed by atoms with Crippen LogP contribution in [0.5, 0.6) is 0 Å². The van der Waals surface area contributed by atoms with Crippen LogP contribution < -0.4 is 0 Å². The van der Waals surface area contributed by atoms with Crippen molar-refractivity contribution in [3.8, 4) is 0 Å². The number of hydrogen-bond donors (Lipinski definition) is 0. The minimum Gasteiger partial charge on any atom is -0.294 e.